The van der Waals surface area contributed by atoms with Gasteiger partial charge in [0.25, 0.3) is 0 Å². The summed E-state index contributed by atoms with van der Waals surface area (Å²) >= 11 is 3.60. The van der Waals surface area contributed by atoms with Gasteiger partial charge in [0.05, 0.1) is 44.1 Å². The normalized spacial score (nSPS) is 10.4. The molecule has 0 aliphatic carbocycles. The van der Waals surface area contributed by atoms with Gasteiger partial charge in [-0.25, -0.2) is 9.97 Å². The highest BCUT2D eigenvalue weighted by atomic mass is 32.1. The fourth-order valence-electron chi connectivity index (χ4n) is 19.2. The minimum absolute atomic E-state index is 0.564. The topological polar surface area (TPSA) is 97.1 Å². The molecule has 12 heteroatoms. The van der Waals surface area contributed by atoms with Crippen molar-refractivity contribution in [1.82, 2.24) is 48.2 Å². The van der Waals surface area contributed by atoms with Crippen LogP contribution in [0.15, 0.2) is 425 Å². The number of para-hydroxylation sites is 4. The predicted molar refractivity (Wildman–Crippen MR) is 662 cm³/mol. The maximum Gasteiger partial charge on any atom is 0.238 e. The van der Waals surface area contributed by atoms with E-state index in [0.29, 0.717) is 35.2 Å². The Morgan fingerprint density at radius 2 is 0.413 bits per heavy atom. The second kappa shape index (κ2) is 54.3. The van der Waals surface area contributed by atoms with Crippen LogP contribution in [0.25, 0.3) is 241 Å². The Kier molecular flexibility index (Phi) is 40.1. The Labute approximate surface area is 895 Å². The number of nitrogens with zero attached hydrogens (tertiary/aromatic N) is 10. The molecule has 0 saturated heterocycles. The van der Waals surface area contributed by atoms with E-state index in [2.05, 4.69) is 407 Å². The van der Waals surface area contributed by atoms with Gasteiger partial charge in [-0.1, -0.05) is 512 Å². The van der Waals surface area contributed by atoms with E-state index in [9.17, 15) is 0 Å². The lowest BCUT2D eigenvalue weighted by molar-refractivity contribution is 0.954. The summed E-state index contributed by atoms with van der Waals surface area (Å²) in [6.45, 7) is 48.0. The van der Waals surface area contributed by atoms with E-state index < -0.39 is 0 Å². The largest absolute Gasteiger partial charge is 0.307 e. The molecule has 0 bridgehead atoms. The van der Waals surface area contributed by atoms with Crippen molar-refractivity contribution in [3.05, 3.63) is 425 Å². The zero-order chi connectivity index (χ0) is 107. The molecule has 0 amide bonds. The first-order valence-electron chi connectivity index (χ1n) is 54.4. The molecule has 0 saturated carbocycles. The number of aromatic nitrogens is 10. The molecule has 0 aliphatic heterocycles. The molecule has 8 aromatic heterocycles. The monoisotopic (exact) mass is 2000 g/mol. The highest BCUT2D eigenvalue weighted by Gasteiger charge is 2.29. The summed E-state index contributed by atoms with van der Waals surface area (Å²) in [6, 6.07) is 151. The third-order valence-electron chi connectivity index (χ3n) is 24.8. The van der Waals surface area contributed by atoms with Crippen LogP contribution in [-0.2, 0) is 0 Å². The molecule has 10 nitrogen and oxygen atoms in total. The summed E-state index contributed by atoms with van der Waals surface area (Å²) in [7, 11) is 0. The Morgan fingerprint density at radius 3 is 0.753 bits per heavy atom. The molecule has 26 rings (SSSR count). The Morgan fingerprint density at radius 1 is 0.153 bits per heavy atom. The van der Waals surface area contributed by atoms with Crippen LogP contribution in [0.5, 0.6) is 0 Å². The number of benzene rings is 18. The minimum Gasteiger partial charge on any atom is -0.307 e. The summed E-state index contributed by atoms with van der Waals surface area (Å²) < 4.78 is 14.3. The van der Waals surface area contributed by atoms with Gasteiger partial charge in [-0.15, -0.1) is 22.7 Å². The van der Waals surface area contributed by atoms with Crippen LogP contribution in [-0.4, -0.2) is 48.2 Å². The van der Waals surface area contributed by atoms with Gasteiger partial charge in [-0.05, 0) is 123 Å². The van der Waals surface area contributed by atoms with Gasteiger partial charge in [-0.2, -0.15) is 19.9 Å². The third kappa shape index (κ3) is 21.8. The summed E-state index contributed by atoms with van der Waals surface area (Å²) in [4.78, 5) is 32.4. The second-order valence-electron chi connectivity index (χ2n) is 31.9. The smallest absolute Gasteiger partial charge is 0.238 e. The maximum atomic E-state index is 5.52. The van der Waals surface area contributed by atoms with Crippen molar-refractivity contribution in [2.45, 2.75) is 166 Å². The van der Waals surface area contributed by atoms with Crippen molar-refractivity contribution >= 4 is 150 Å². The number of thiophene rings is 2. The molecule has 150 heavy (non-hydrogen) atoms. The van der Waals surface area contributed by atoms with Crippen LogP contribution in [0.4, 0.5) is 0 Å². The van der Waals surface area contributed by atoms with E-state index in [-0.39, 0.29) is 0 Å². The lowest BCUT2D eigenvalue weighted by atomic mass is 9.94. The molecule has 0 atom stereocenters. The van der Waals surface area contributed by atoms with Crippen molar-refractivity contribution in [2.75, 3.05) is 0 Å². The molecule has 0 unspecified atom stereocenters. The summed E-state index contributed by atoms with van der Waals surface area (Å²) in [5, 5.41) is 13.9. The van der Waals surface area contributed by atoms with Gasteiger partial charge in [0.15, 0.2) is 23.3 Å². The van der Waals surface area contributed by atoms with Crippen molar-refractivity contribution < 1.29 is 0 Å². The molecule has 18 aromatic carbocycles. The molecule has 8 heterocycles. The molecule has 0 spiro atoms. The number of hydrogen-bond donors (Lipinski definition) is 0. The molecule has 0 aliphatic rings. The molecular weight excluding hydrogens is 1860 g/mol. The van der Waals surface area contributed by atoms with Crippen LogP contribution in [0.3, 0.4) is 0 Å². The number of rotatable bonds is 12. The van der Waals surface area contributed by atoms with Crippen LogP contribution in [0, 0.1) is 0 Å². The molecular formula is C138H142N10S2. The molecule has 0 radical (unpaired) electrons. The van der Waals surface area contributed by atoms with Crippen LogP contribution >= 0.6 is 22.7 Å². The van der Waals surface area contributed by atoms with E-state index in [0.717, 1.165) is 149 Å². The summed E-state index contributed by atoms with van der Waals surface area (Å²) in [5.41, 5.74) is 23.8. The van der Waals surface area contributed by atoms with Gasteiger partial charge < -0.3 is 9.13 Å². The molecule has 0 fully saturated rings. The first-order valence-corrected chi connectivity index (χ1v) is 56.0. The molecule has 756 valence electrons. The zero-order valence-corrected chi connectivity index (χ0v) is 93.3. The minimum atomic E-state index is 0.564. The van der Waals surface area contributed by atoms with Gasteiger partial charge in [-0.3, -0.25) is 9.13 Å². The lowest BCUT2D eigenvalue weighted by Crippen LogP contribution is -2.07. The van der Waals surface area contributed by atoms with Crippen LogP contribution in [0.2, 0.25) is 0 Å². The van der Waals surface area contributed by atoms with Crippen LogP contribution < -0.4 is 0 Å². The highest BCUT2D eigenvalue weighted by Crippen LogP contribution is 2.49. The zero-order valence-electron chi connectivity index (χ0n) is 91.7. The van der Waals surface area contributed by atoms with E-state index in [4.69, 9.17) is 29.9 Å². The third-order valence-corrected chi connectivity index (χ3v) is 27.0. The first-order chi connectivity index (χ1) is 74.5. The van der Waals surface area contributed by atoms with Gasteiger partial charge in [0, 0.05) is 117 Å². The van der Waals surface area contributed by atoms with E-state index >= 15 is 0 Å². The quantitative estimate of drug-likeness (QED) is 0.121. The van der Waals surface area contributed by atoms with Gasteiger partial charge in [0.1, 0.15) is 0 Å². The van der Waals surface area contributed by atoms with Crippen molar-refractivity contribution in [2.24, 2.45) is 0 Å². The van der Waals surface area contributed by atoms with E-state index in [1.807, 2.05) is 203 Å². The van der Waals surface area contributed by atoms with Crippen molar-refractivity contribution in [1.29, 1.82) is 0 Å². The van der Waals surface area contributed by atoms with Gasteiger partial charge >= 0.3 is 0 Å². The Hall–Kier alpha value is -16.4. The van der Waals surface area contributed by atoms with E-state index in [1.165, 1.54) is 57.0 Å². The standard InChI is InChI=1S/2C57H35N5S.12C2H6/c1-4-17-36(18-5-1)39-33-40(37-19-6-2-7-20-37)35-41(34-39)61-48-27-13-10-23-42(48)44-31-32-45-43-24-11-14-28-49(43)62(54(45)53(44)61)57-59-55(38-21-8-3-9-22-38)58-56(60-57)47-26-16-30-51-52(47)46-25-12-15-29-50(46)63-51;1-4-17-36(18-5-1)40-32-31-39(35-47(40)37-19-6-2-7-20-37)61-48-27-13-10-23-41(48)43-33-34-44-42-24-11-14-28-49(42)62(54(44)53(43)61)57-59-55(38-21-8-3-9-22-38)58-56(60-57)46-26-16-30-51-52(46)45-25-12-15-29-50(45)63-51;12*1-2/h2*1-35H;12*1-2H3. The summed E-state index contributed by atoms with van der Waals surface area (Å²) in [6.07, 6.45) is 0. The van der Waals surface area contributed by atoms with Crippen molar-refractivity contribution in [3.8, 4) is 113 Å². The SMILES string of the molecule is CC.CC.CC.CC.CC.CC.CC.CC.CC.CC.CC.CC.c1ccc(-c2cc(-c3ccccc3)cc(-n3c4ccccc4c4ccc5c6ccccc6n(-c6nc(-c7ccccc7)nc(-c7cccc8sc9ccccc9c78)n6)c5c43)c2)cc1.c1ccc(-c2nc(-c3cccc4sc5ccccc5c34)nc(-n3c4ccccc4c4ccc5c6ccccc6n(-c6ccc(-c7ccccc7)c(-c7ccccc7)c6)c5c43)n2)cc1. The summed E-state index contributed by atoms with van der Waals surface area (Å²) in [5.74, 6) is 3.64. The Bertz CT molecular complexity index is 8780. The lowest BCUT2D eigenvalue weighted by Gasteiger charge is -2.16. The maximum absolute atomic E-state index is 5.52. The molecule has 0 N–H and O–H groups in total. The van der Waals surface area contributed by atoms with Crippen molar-refractivity contribution in [3.63, 3.8) is 0 Å². The van der Waals surface area contributed by atoms with Crippen LogP contribution in [0.1, 0.15) is 166 Å². The average Bonchev–Trinajstić information content (AvgIpc) is 1.54. The highest BCUT2D eigenvalue weighted by molar-refractivity contribution is 7.26. The average molecular weight is 2000 g/mol. The second-order valence-corrected chi connectivity index (χ2v) is 34.1. The number of hydrogen-bond acceptors (Lipinski definition) is 8. The van der Waals surface area contributed by atoms with Gasteiger partial charge in [0.2, 0.25) is 11.9 Å². The predicted octanol–water partition coefficient (Wildman–Crippen LogP) is 42.5. The fraction of sp³-hybridized carbons (Fsp3) is 0.174. The molecule has 26 aromatic rings. The Balaban J connectivity index is 0.000000209. The van der Waals surface area contributed by atoms with E-state index in [1.54, 1.807) is 22.7 Å². The number of fused-ring (bicyclic) bond motifs is 20. The first kappa shape index (κ1) is 111. The fourth-order valence-corrected chi connectivity index (χ4v) is 21.5.